The minimum absolute atomic E-state index is 0.145. The Morgan fingerprint density at radius 1 is 1.05 bits per heavy atom. The van der Waals surface area contributed by atoms with Gasteiger partial charge in [-0.15, -0.1) is 0 Å². The van der Waals surface area contributed by atoms with E-state index < -0.39 is 0 Å². The van der Waals surface area contributed by atoms with Gasteiger partial charge in [-0.1, -0.05) is 30.3 Å². The SMILES string of the molecule is Cc1cnc(CN(CCO)Cc2ccccc2)cn1. The molecule has 2 aromatic rings. The molecular formula is C15H19N3O. The highest BCUT2D eigenvalue weighted by Crippen LogP contribution is 2.07. The zero-order valence-corrected chi connectivity index (χ0v) is 11.2. The van der Waals surface area contributed by atoms with E-state index in [0.29, 0.717) is 13.1 Å². The summed E-state index contributed by atoms with van der Waals surface area (Å²) in [5.74, 6) is 0. The van der Waals surface area contributed by atoms with Crippen molar-refractivity contribution in [2.75, 3.05) is 13.2 Å². The molecule has 0 fully saturated rings. The summed E-state index contributed by atoms with van der Waals surface area (Å²) >= 11 is 0. The van der Waals surface area contributed by atoms with Gasteiger partial charge in [0.15, 0.2) is 0 Å². The molecule has 0 spiro atoms. The summed E-state index contributed by atoms with van der Waals surface area (Å²) in [5, 5.41) is 9.16. The highest BCUT2D eigenvalue weighted by molar-refractivity contribution is 5.14. The molecule has 0 aliphatic carbocycles. The molecule has 0 bridgehead atoms. The third-order valence-electron chi connectivity index (χ3n) is 2.89. The van der Waals surface area contributed by atoms with Gasteiger partial charge in [0.2, 0.25) is 0 Å². The molecule has 1 aromatic carbocycles. The number of aliphatic hydroxyl groups excluding tert-OH is 1. The van der Waals surface area contributed by atoms with E-state index in [1.807, 2.05) is 25.1 Å². The van der Waals surface area contributed by atoms with Gasteiger partial charge in [0, 0.05) is 32.0 Å². The summed E-state index contributed by atoms with van der Waals surface area (Å²) < 4.78 is 0. The van der Waals surface area contributed by atoms with Crippen molar-refractivity contribution in [1.82, 2.24) is 14.9 Å². The van der Waals surface area contributed by atoms with Crippen molar-refractivity contribution in [2.24, 2.45) is 0 Å². The lowest BCUT2D eigenvalue weighted by atomic mass is 10.2. The molecule has 1 N–H and O–H groups in total. The third-order valence-corrected chi connectivity index (χ3v) is 2.89. The Bertz CT molecular complexity index is 485. The second-order valence-corrected chi connectivity index (χ2v) is 4.57. The van der Waals surface area contributed by atoms with Crippen LogP contribution in [-0.2, 0) is 13.1 Å². The molecule has 0 saturated heterocycles. The lowest BCUT2D eigenvalue weighted by Gasteiger charge is -2.20. The molecule has 2 rings (SSSR count). The standard InChI is InChI=1S/C15H19N3O/c1-13-9-17-15(10-16-13)12-18(7-8-19)11-14-5-3-2-4-6-14/h2-6,9-10,19H,7-8,11-12H2,1H3. The van der Waals surface area contributed by atoms with Gasteiger partial charge < -0.3 is 5.11 Å². The number of nitrogens with zero attached hydrogens (tertiary/aromatic N) is 3. The molecular weight excluding hydrogens is 238 g/mol. The van der Waals surface area contributed by atoms with Crippen molar-refractivity contribution >= 4 is 0 Å². The fourth-order valence-corrected chi connectivity index (χ4v) is 1.93. The van der Waals surface area contributed by atoms with Crippen molar-refractivity contribution in [1.29, 1.82) is 0 Å². The quantitative estimate of drug-likeness (QED) is 0.857. The third kappa shape index (κ3) is 4.43. The zero-order valence-electron chi connectivity index (χ0n) is 11.2. The lowest BCUT2D eigenvalue weighted by Crippen LogP contribution is -2.26. The van der Waals surface area contributed by atoms with Gasteiger partial charge >= 0.3 is 0 Å². The second-order valence-electron chi connectivity index (χ2n) is 4.57. The minimum Gasteiger partial charge on any atom is -0.395 e. The number of hydrogen-bond acceptors (Lipinski definition) is 4. The van der Waals surface area contributed by atoms with Gasteiger partial charge in [-0.2, -0.15) is 0 Å². The van der Waals surface area contributed by atoms with E-state index in [-0.39, 0.29) is 6.61 Å². The molecule has 100 valence electrons. The van der Waals surface area contributed by atoms with Crippen molar-refractivity contribution < 1.29 is 5.11 Å². The Hall–Kier alpha value is -1.78. The van der Waals surface area contributed by atoms with Crippen LogP contribution in [0, 0.1) is 6.92 Å². The Morgan fingerprint density at radius 2 is 1.84 bits per heavy atom. The average Bonchev–Trinajstić information content (AvgIpc) is 2.43. The van der Waals surface area contributed by atoms with Crippen LogP contribution in [0.4, 0.5) is 0 Å². The largest absolute Gasteiger partial charge is 0.395 e. The molecule has 0 saturated carbocycles. The monoisotopic (exact) mass is 257 g/mol. The van der Waals surface area contributed by atoms with Crippen LogP contribution in [0.25, 0.3) is 0 Å². The molecule has 0 unspecified atom stereocenters. The summed E-state index contributed by atoms with van der Waals surface area (Å²) in [6.45, 7) is 4.20. The number of aryl methyl sites for hydroxylation is 1. The molecule has 0 aliphatic rings. The van der Waals surface area contributed by atoms with Crippen LogP contribution in [0.2, 0.25) is 0 Å². The summed E-state index contributed by atoms with van der Waals surface area (Å²) in [5.41, 5.74) is 3.08. The molecule has 0 radical (unpaired) electrons. The van der Waals surface area contributed by atoms with Gasteiger partial charge in [0.25, 0.3) is 0 Å². The Balaban J connectivity index is 2.01. The highest BCUT2D eigenvalue weighted by atomic mass is 16.3. The summed E-state index contributed by atoms with van der Waals surface area (Å²) in [4.78, 5) is 10.8. The molecule has 19 heavy (non-hydrogen) atoms. The van der Waals surface area contributed by atoms with Gasteiger partial charge in [-0.25, -0.2) is 0 Å². The van der Waals surface area contributed by atoms with Crippen molar-refractivity contribution in [3.8, 4) is 0 Å². The Labute approximate surface area is 113 Å². The van der Waals surface area contributed by atoms with E-state index in [9.17, 15) is 0 Å². The van der Waals surface area contributed by atoms with E-state index in [0.717, 1.165) is 17.9 Å². The van der Waals surface area contributed by atoms with Crippen LogP contribution in [0.3, 0.4) is 0 Å². The number of hydrogen-bond donors (Lipinski definition) is 1. The first-order valence-corrected chi connectivity index (χ1v) is 6.42. The van der Waals surface area contributed by atoms with E-state index in [1.165, 1.54) is 5.56 Å². The maximum absolute atomic E-state index is 9.16. The average molecular weight is 257 g/mol. The van der Waals surface area contributed by atoms with Gasteiger partial charge in [-0.05, 0) is 12.5 Å². The summed E-state index contributed by atoms with van der Waals surface area (Å²) in [7, 11) is 0. The summed E-state index contributed by atoms with van der Waals surface area (Å²) in [6.07, 6.45) is 3.57. The van der Waals surface area contributed by atoms with Crippen LogP contribution >= 0.6 is 0 Å². The fourth-order valence-electron chi connectivity index (χ4n) is 1.93. The van der Waals surface area contributed by atoms with Crippen LogP contribution in [0.15, 0.2) is 42.7 Å². The second kappa shape index (κ2) is 6.97. The molecule has 0 aliphatic heterocycles. The molecule has 1 heterocycles. The summed E-state index contributed by atoms with van der Waals surface area (Å²) in [6, 6.07) is 10.2. The van der Waals surface area contributed by atoms with Crippen LogP contribution < -0.4 is 0 Å². The Kier molecular flexibility index (Phi) is 5.01. The molecule has 0 amide bonds. The predicted molar refractivity (Wildman–Crippen MR) is 74.4 cm³/mol. The van der Waals surface area contributed by atoms with Gasteiger partial charge in [0.1, 0.15) is 0 Å². The van der Waals surface area contributed by atoms with E-state index >= 15 is 0 Å². The van der Waals surface area contributed by atoms with E-state index in [1.54, 1.807) is 12.4 Å². The van der Waals surface area contributed by atoms with E-state index in [4.69, 9.17) is 5.11 Å². The molecule has 4 heteroatoms. The van der Waals surface area contributed by atoms with Crippen molar-refractivity contribution in [3.63, 3.8) is 0 Å². The molecule has 1 aromatic heterocycles. The fraction of sp³-hybridized carbons (Fsp3) is 0.333. The van der Waals surface area contributed by atoms with Crippen LogP contribution in [-0.4, -0.2) is 33.1 Å². The first-order valence-electron chi connectivity index (χ1n) is 6.42. The zero-order chi connectivity index (χ0) is 13.5. The van der Waals surface area contributed by atoms with Crippen molar-refractivity contribution in [2.45, 2.75) is 20.0 Å². The topological polar surface area (TPSA) is 49.2 Å². The first kappa shape index (κ1) is 13.6. The van der Waals surface area contributed by atoms with Gasteiger partial charge in [0.05, 0.1) is 18.0 Å². The molecule has 0 atom stereocenters. The van der Waals surface area contributed by atoms with Gasteiger partial charge in [-0.3, -0.25) is 14.9 Å². The number of aromatic nitrogens is 2. The first-order chi connectivity index (χ1) is 9.28. The maximum Gasteiger partial charge on any atom is 0.0727 e. The number of rotatable bonds is 6. The normalized spacial score (nSPS) is 10.9. The number of aliphatic hydroxyl groups is 1. The van der Waals surface area contributed by atoms with E-state index in [2.05, 4.69) is 27.0 Å². The predicted octanol–water partition coefficient (Wildman–Crippen LogP) is 1.78. The highest BCUT2D eigenvalue weighted by Gasteiger charge is 2.07. The Morgan fingerprint density at radius 3 is 2.47 bits per heavy atom. The van der Waals surface area contributed by atoms with Crippen LogP contribution in [0.1, 0.15) is 17.0 Å². The smallest absolute Gasteiger partial charge is 0.0727 e. The maximum atomic E-state index is 9.16. The molecule has 4 nitrogen and oxygen atoms in total. The minimum atomic E-state index is 0.145. The lowest BCUT2D eigenvalue weighted by molar-refractivity contribution is 0.182. The number of benzene rings is 1. The van der Waals surface area contributed by atoms with Crippen molar-refractivity contribution in [3.05, 3.63) is 59.7 Å². The van der Waals surface area contributed by atoms with Crippen LogP contribution in [0.5, 0.6) is 0 Å².